The Morgan fingerprint density at radius 2 is 0.718 bits per heavy atom. The molecular formula is C99H120N30O20. The van der Waals surface area contributed by atoms with Crippen molar-refractivity contribution >= 4 is 41.4 Å². The minimum atomic E-state index is -0.887. The largest absolute Gasteiger partial charge is 0.481 e. The van der Waals surface area contributed by atoms with Crippen LogP contribution in [0.2, 0.25) is 0 Å². The van der Waals surface area contributed by atoms with Crippen LogP contribution in [0, 0.1) is 13.8 Å². The van der Waals surface area contributed by atoms with E-state index in [1.807, 2.05) is 30.6 Å². The number of rotatable bonds is 49. The molecule has 2 aliphatic heterocycles. The molecule has 17 rings (SSSR count). The maximum absolute atomic E-state index is 14.2. The van der Waals surface area contributed by atoms with Gasteiger partial charge in [0, 0.05) is 69.8 Å². The fraction of sp³-hybridized carbons (Fsp3) is 0.465. The van der Waals surface area contributed by atoms with Gasteiger partial charge in [-0.1, -0.05) is 28.6 Å². The highest BCUT2D eigenvalue weighted by atomic mass is 16.4. The summed E-state index contributed by atoms with van der Waals surface area (Å²) in [5.41, 5.74) is 27.1. The number of amides is 6. The number of carbonyl (C=O) groups excluding carboxylic acids is 6. The summed E-state index contributed by atoms with van der Waals surface area (Å²) in [4.78, 5) is 155. The molecule has 14 aromatic heterocycles. The molecule has 6 amide bonds. The molecule has 786 valence electrons. The van der Waals surface area contributed by atoms with Gasteiger partial charge < -0.3 is 123 Å². The highest BCUT2D eigenvalue weighted by Gasteiger charge is 2.36. The molecule has 0 fully saturated rings. The van der Waals surface area contributed by atoms with Crippen LogP contribution in [0.25, 0.3) is 92.7 Å². The van der Waals surface area contributed by atoms with Gasteiger partial charge in [0.25, 0.3) is 29.5 Å². The zero-order valence-corrected chi connectivity index (χ0v) is 82.7. The first kappa shape index (κ1) is 104. The number of nitrogens with one attached hydrogen (secondary N) is 6. The van der Waals surface area contributed by atoms with Gasteiger partial charge in [0.1, 0.15) is 97.3 Å². The van der Waals surface area contributed by atoms with E-state index >= 15 is 0 Å². The fourth-order valence-corrected chi connectivity index (χ4v) is 17.4. The predicted molar refractivity (Wildman–Crippen MR) is 525 cm³/mol. The van der Waals surface area contributed by atoms with Crippen LogP contribution >= 0.6 is 0 Å². The number of carboxylic acids is 1. The number of carboxylic acid groups (broad SMARTS) is 1. The van der Waals surface area contributed by atoms with Gasteiger partial charge in [0.05, 0.1) is 11.4 Å². The van der Waals surface area contributed by atoms with Gasteiger partial charge in [-0.2, -0.15) is 0 Å². The van der Waals surface area contributed by atoms with Crippen molar-refractivity contribution in [2.45, 2.75) is 218 Å². The lowest BCUT2D eigenvalue weighted by atomic mass is 10.1. The number of nitrogens with two attached hydrogens (primary N) is 4. The van der Waals surface area contributed by atoms with Crippen LogP contribution in [0.4, 0.5) is 0 Å². The molecule has 0 saturated heterocycles. The molecule has 50 nitrogen and oxygen atoms in total. The molecule has 1 aromatic carbocycles. The molecule has 2 aliphatic rings. The van der Waals surface area contributed by atoms with Gasteiger partial charge in [-0.3, -0.25) is 42.9 Å². The summed E-state index contributed by atoms with van der Waals surface area (Å²) < 4.78 is 76.2. The first-order valence-corrected chi connectivity index (χ1v) is 50.4. The molecule has 4 atom stereocenters. The minimum Gasteiger partial charge on any atom is -0.481 e. The lowest BCUT2D eigenvalue weighted by Crippen LogP contribution is -2.33. The van der Waals surface area contributed by atoms with Crippen molar-refractivity contribution in [1.29, 1.82) is 0 Å². The van der Waals surface area contributed by atoms with Gasteiger partial charge in [0.2, 0.25) is 76.6 Å². The average molecular weight is 2050 g/mol. The molecule has 0 unspecified atom stereocenters. The molecule has 0 radical (unpaired) electrons. The second-order valence-electron chi connectivity index (χ2n) is 36.4. The number of carbonyl (C=O) groups is 7. The van der Waals surface area contributed by atoms with Crippen molar-refractivity contribution in [3.63, 3.8) is 0 Å². The summed E-state index contributed by atoms with van der Waals surface area (Å²) in [6.07, 6.45) is 27.2. The van der Waals surface area contributed by atoms with E-state index in [2.05, 4.69) is 102 Å². The number of oxazole rings is 12. The van der Waals surface area contributed by atoms with E-state index < -0.39 is 53.8 Å². The molecule has 24 bridgehead atoms. The van der Waals surface area contributed by atoms with E-state index in [-0.39, 0.29) is 177 Å². The number of hydrogen-bond donors (Lipinski definition) is 11. The molecule has 15 aromatic rings. The maximum Gasteiger partial charge on any atom is 0.303 e. The summed E-state index contributed by atoms with van der Waals surface area (Å²) in [5, 5.41) is 45.8. The fourth-order valence-electron chi connectivity index (χ4n) is 17.4. The molecule has 149 heavy (non-hydrogen) atoms. The average Bonchev–Trinajstić information content (AvgIpc) is 1.63. The normalized spacial score (nSPS) is 14.9. The zero-order valence-electron chi connectivity index (χ0n) is 82.7. The van der Waals surface area contributed by atoms with E-state index in [0.29, 0.717) is 261 Å². The molecule has 0 spiro atoms. The van der Waals surface area contributed by atoms with Crippen LogP contribution in [-0.4, -0.2) is 225 Å². The Balaban J connectivity index is 0.500. The van der Waals surface area contributed by atoms with Crippen molar-refractivity contribution in [1.82, 2.24) is 131 Å². The van der Waals surface area contributed by atoms with E-state index in [4.69, 9.17) is 95.9 Å². The summed E-state index contributed by atoms with van der Waals surface area (Å²) >= 11 is 0. The van der Waals surface area contributed by atoms with Gasteiger partial charge in [-0.15, -0.1) is 10.2 Å². The third-order valence-electron chi connectivity index (χ3n) is 25.2. The summed E-state index contributed by atoms with van der Waals surface area (Å²) in [6.45, 7) is 10.4. The van der Waals surface area contributed by atoms with E-state index in [1.54, 1.807) is 35.3 Å². The third kappa shape index (κ3) is 27.7. The zero-order chi connectivity index (χ0) is 103. The van der Waals surface area contributed by atoms with E-state index in [1.165, 1.54) is 50.1 Å². The number of aromatic nitrogens is 18. The van der Waals surface area contributed by atoms with E-state index in [0.717, 1.165) is 11.4 Å². The Bertz CT molecular complexity index is 6930. The predicted octanol–water partition coefficient (Wildman–Crippen LogP) is 11.1. The highest BCUT2D eigenvalue weighted by Crippen LogP contribution is 2.39. The number of nitrogens with zero attached hydrogens (tertiary/aromatic N) is 20. The van der Waals surface area contributed by atoms with Crippen LogP contribution in [0.15, 0.2) is 146 Å². The molecular weight excluding hydrogens is 1930 g/mol. The van der Waals surface area contributed by atoms with Crippen molar-refractivity contribution in [3.05, 3.63) is 179 Å². The minimum absolute atomic E-state index is 0.000219. The van der Waals surface area contributed by atoms with Crippen molar-refractivity contribution < 1.29 is 91.7 Å². The standard InChI is InChI=1S/C99H120N30O20/c1-58-79-98-120-81(96-112-69(52-144-96)86(136)106-63(26-6-10-34-100)88-114-73(54-140-88)92-116-71(56-142-92)90-110-67(50-138-90)84(134)108-65(28-8-12-36-102)94(118-79)146-58)75(148-98)30-16-46-128-48-61(122-124-128)24-14-40-126(45-21-39-105-83(133)60-22-4-3-5-23-60)42-18-32-77(130)104-38-20-44-127(43-19-33-78(131)132)41-15-25-62-49-129(125-123-62)47-17-31-76-82-97-113-70(53-145-97)87(137)107-64(27-7-11-35-101)89-115-74(55-141-89)93-117-72(57-143-93)91-111-68(51-139-91)85(135)109-66(29-9-13-37-103)95-119-80(59(2)147-95)99(121-82)149-76/h3-5,22-23,48-57,63-66H,6-21,24-47,100-103H2,1-2H3,(H,104,130)(H,105,133)(H,106,136)(H,107,137)(H,108,134)(H,109,135)(H,131,132)/t63-,64-,65-,66-/m0/s1. The van der Waals surface area contributed by atoms with Crippen LogP contribution in [-0.2, 0) is 48.4 Å². The van der Waals surface area contributed by atoms with Crippen LogP contribution in [0.3, 0.4) is 0 Å². The Hall–Kier alpha value is -15.9. The molecule has 16 heterocycles. The van der Waals surface area contributed by atoms with Crippen LogP contribution in [0.1, 0.15) is 276 Å². The quantitative estimate of drug-likeness (QED) is 0.0158. The SMILES string of the molecule is Cc1oc2nc1-c1nc(c(CCCn3cc(CCCN(CCCNC(=O)CCCN(CCCNC(=O)c4ccccc4)CCCc4cn(CCCc5oc6nc5-c5nc(co5)C(=O)N[C@@H](CCCCN)c5nc(co5)-c5nc(co5)-c5nc(co5)C(=O)N[C@@H](CCCCN)c5nc-6c(C)o5)nn4)CCCC(=O)O)nn3)o1)-c1nc(co1)C(=O)N[C@@H](CCCCN)c1nc(co1)-c1nc(co1)-c1nc(co1)C(=O)N[C@H]2CCCCN. The van der Waals surface area contributed by atoms with Gasteiger partial charge >= 0.3 is 5.97 Å². The maximum atomic E-state index is 14.2. The summed E-state index contributed by atoms with van der Waals surface area (Å²) in [7, 11) is 0. The first-order chi connectivity index (χ1) is 72.7. The number of aryl methyl sites for hydroxylation is 8. The molecule has 15 N–H and O–H groups in total. The number of fused-ring (bicyclic) bond motifs is 32. The molecule has 50 heteroatoms. The second kappa shape index (κ2) is 50.9. The number of unbranched alkanes of at least 4 members (excludes halogenated alkanes) is 4. The highest BCUT2D eigenvalue weighted by molar-refractivity contribution is 5.95. The summed E-state index contributed by atoms with van der Waals surface area (Å²) in [6, 6.07) is 6.01. The lowest BCUT2D eigenvalue weighted by Gasteiger charge is -2.23. The van der Waals surface area contributed by atoms with Crippen LogP contribution < -0.4 is 54.8 Å². The number of hydrogen-bond acceptors (Lipinski definition) is 41. The van der Waals surface area contributed by atoms with Crippen molar-refractivity contribution in [3.8, 4) is 92.7 Å². The van der Waals surface area contributed by atoms with Gasteiger partial charge in [0.15, 0.2) is 68.3 Å². The molecule has 0 aliphatic carbocycles. The van der Waals surface area contributed by atoms with Crippen molar-refractivity contribution in [2.24, 2.45) is 22.9 Å². The molecule has 0 saturated carbocycles. The third-order valence-corrected chi connectivity index (χ3v) is 25.2. The number of aliphatic carboxylic acids is 1. The topological polar surface area (TPSA) is 696 Å². The Morgan fingerprint density at radius 3 is 1.13 bits per heavy atom. The van der Waals surface area contributed by atoms with Crippen LogP contribution in [0.5, 0.6) is 0 Å². The lowest BCUT2D eigenvalue weighted by molar-refractivity contribution is -0.137. The first-order valence-electron chi connectivity index (χ1n) is 50.4. The van der Waals surface area contributed by atoms with Gasteiger partial charge in [-0.05, 0) is 233 Å². The van der Waals surface area contributed by atoms with Gasteiger partial charge in [-0.25, -0.2) is 59.8 Å². The Morgan fingerprint density at radius 1 is 0.362 bits per heavy atom. The second-order valence-corrected chi connectivity index (χ2v) is 36.4. The Labute approximate surface area is 851 Å². The monoisotopic (exact) mass is 2050 g/mol. The number of benzene rings is 1. The Kier molecular flexibility index (Phi) is 35.7. The van der Waals surface area contributed by atoms with Crippen molar-refractivity contribution in [2.75, 3.05) is 78.5 Å². The summed E-state index contributed by atoms with van der Waals surface area (Å²) in [5.74, 6) is -1.23. The smallest absolute Gasteiger partial charge is 0.303 e. The van der Waals surface area contributed by atoms with E-state index in [9.17, 15) is 38.7 Å².